The molecule has 0 fully saturated rings. The van der Waals surface area contributed by atoms with Crippen molar-refractivity contribution < 1.29 is 20.5 Å². The molecular weight excluding hydrogens is 170 g/mol. The quantitative estimate of drug-likeness (QED) is 0.634. The summed E-state index contributed by atoms with van der Waals surface area (Å²) in [4.78, 5) is 10.6. The molecule has 0 spiro atoms. The van der Waals surface area contributed by atoms with E-state index in [2.05, 4.69) is 0 Å². The van der Waals surface area contributed by atoms with Gasteiger partial charge < -0.3 is 15.9 Å². The molecule has 4 nitrogen and oxygen atoms in total. The van der Waals surface area contributed by atoms with E-state index in [9.17, 15) is 9.90 Å². The van der Waals surface area contributed by atoms with Crippen LogP contribution in [0.2, 0.25) is 0 Å². The highest BCUT2D eigenvalue weighted by Gasteiger charge is 2.11. The van der Waals surface area contributed by atoms with E-state index >= 15 is 0 Å². The Morgan fingerprint density at radius 3 is 2.54 bits per heavy atom. The first kappa shape index (κ1) is 5.24. The molecule has 0 saturated heterocycles. The standard InChI is InChI=1S/C9H11NO3/c10-8(9(12)13)5-6-1-3-7(11)4-2-6/h1-4,8,11H,5,10H2,(H,12,13)/i1D,2D,3D,4D. The Morgan fingerprint density at radius 2 is 2.08 bits per heavy atom. The zero-order chi connectivity index (χ0) is 13.3. The van der Waals surface area contributed by atoms with Crippen LogP contribution in [0, 0.1) is 0 Å². The van der Waals surface area contributed by atoms with Gasteiger partial charge in [0.05, 0.1) is 5.48 Å². The van der Waals surface area contributed by atoms with Crippen molar-refractivity contribution in [1.29, 1.82) is 0 Å². The van der Waals surface area contributed by atoms with E-state index in [0.29, 0.717) is 0 Å². The summed E-state index contributed by atoms with van der Waals surface area (Å²) in [5, 5.41) is 17.9. The highest BCUT2D eigenvalue weighted by molar-refractivity contribution is 5.73. The normalized spacial score (nSPS) is 16.7. The Bertz CT molecular complexity index is 449. The smallest absolute Gasteiger partial charge is 0.320 e. The van der Waals surface area contributed by atoms with E-state index in [1.165, 1.54) is 0 Å². The van der Waals surface area contributed by atoms with Crippen molar-refractivity contribution in [2.24, 2.45) is 5.73 Å². The molecule has 0 bridgehead atoms. The van der Waals surface area contributed by atoms with Gasteiger partial charge in [-0.15, -0.1) is 0 Å². The highest BCUT2D eigenvalue weighted by atomic mass is 16.4. The molecular formula is C9H11NO3. The van der Waals surface area contributed by atoms with E-state index in [1.54, 1.807) is 0 Å². The lowest BCUT2D eigenvalue weighted by atomic mass is 10.1. The average Bonchev–Trinajstić information content (AvgIpc) is 2.29. The number of benzene rings is 1. The molecule has 1 aromatic carbocycles. The van der Waals surface area contributed by atoms with Gasteiger partial charge in [0, 0.05) is 0 Å². The summed E-state index contributed by atoms with van der Waals surface area (Å²) in [7, 11) is 0. The number of carboxylic acids is 1. The van der Waals surface area contributed by atoms with Crippen LogP contribution in [0.15, 0.2) is 24.2 Å². The third-order valence-electron chi connectivity index (χ3n) is 1.40. The second-order valence-corrected chi connectivity index (χ2v) is 2.48. The largest absolute Gasteiger partial charge is 0.508 e. The zero-order valence-corrected chi connectivity index (χ0v) is 6.66. The van der Waals surface area contributed by atoms with Crippen molar-refractivity contribution in [3.63, 3.8) is 0 Å². The first-order valence-electron chi connectivity index (χ1n) is 5.54. The highest BCUT2D eigenvalue weighted by Crippen LogP contribution is 2.10. The van der Waals surface area contributed by atoms with E-state index in [1.807, 2.05) is 0 Å². The molecule has 0 aliphatic heterocycles. The lowest BCUT2D eigenvalue weighted by Gasteiger charge is -2.05. The first-order chi connectivity index (χ1) is 7.77. The van der Waals surface area contributed by atoms with E-state index in [-0.39, 0.29) is 12.0 Å². The van der Waals surface area contributed by atoms with Crippen LogP contribution < -0.4 is 5.73 Å². The van der Waals surface area contributed by atoms with Gasteiger partial charge in [-0.05, 0) is 24.1 Å². The van der Waals surface area contributed by atoms with Gasteiger partial charge in [-0.2, -0.15) is 0 Å². The molecule has 0 heterocycles. The second-order valence-electron chi connectivity index (χ2n) is 2.48. The molecule has 13 heavy (non-hydrogen) atoms. The molecule has 4 N–H and O–H groups in total. The molecule has 1 atom stereocenters. The van der Waals surface area contributed by atoms with Crippen LogP contribution in [0.25, 0.3) is 0 Å². The van der Waals surface area contributed by atoms with Crippen molar-refractivity contribution in [3.8, 4) is 5.75 Å². The molecule has 1 rings (SSSR count). The van der Waals surface area contributed by atoms with Gasteiger partial charge in [0.25, 0.3) is 0 Å². The Labute approximate surface area is 81.2 Å². The Hall–Kier alpha value is -1.55. The third-order valence-corrected chi connectivity index (χ3v) is 1.40. The molecule has 0 saturated carbocycles. The molecule has 0 aromatic heterocycles. The molecule has 1 unspecified atom stereocenters. The van der Waals surface area contributed by atoms with Crippen LogP contribution in [0.5, 0.6) is 5.75 Å². The number of hydrogen-bond donors (Lipinski definition) is 3. The number of aromatic hydroxyl groups is 1. The maximum Gasteiger partial charge on any atom is 0.320 e. The fourth-order valence-electron chi connectivity index (χ4n) is 0.741. The summed E-state index contributed by atoms with van der Waals surface area (Å²) in [6, 6.07) is -3.45. The van der Waals surface area contributed by atoms with Gasteiger partial charge in [-0.25, -0.2) is 0 Å². The Balaban J connectivity index is 3.30. The van der Waals surface area contributed by atoms with Gasteiger partial charge in [-0.3, -0.25) is 4.79 Å². The van der Waals surface area contributed by atoms with Gasteiger partial charge in [0.1, 0.15) is 11.8 Å². The van der Waals surface area contributed by atoms with E-state index in [4.69, 9.17) is 16.3 Å². The van der Waals surface area contributed by atoms with Crippen molar-refractivity contribution in [1.82, 2.24) is 0 Å². The van der Waals surface area contributed by atoms with Crippen LogP contribution in [-0.4, -0.2) is 22.2 Å². The summed E-state index contributed by atoms with van der Waals surface area (Å²) in [6.07, 6.45) is -0.328. The summed E-state index contributed by atoms with van der Waals surface area (Å²) in [5.41, 5.74) is 5.16. The summed E-state index contributed by atoms with van der Waals surface area (Å²) in [6.45, 7) is 0. The summed E-state index contributed by atoms with van der Waals surface area (Å²) >= 11 is 0. The van der Waals surface area contributed by atoms with Crippen LogP contribution in [0.3, 0.4) is 0 Å². The molecule has 0 radical (unpaired) electrons. The fourth-order valence-corrected chi connectivity index (χ4v) is 0.741. The number of phenolic OH excluding ortho intramolecular Hbond substituents is 1. The Morgan fingerprint density at radius 1 is 1.54 bits per heavy atom. The van der Waals surface area contributed by atoms with Gasteiger partial charge in [-0.1, -0.05) is 12.1 Å². The molecule has 0 aliphatic carbocycles. The number of carbonyl (C=O) groups is 1. The lowest BCUT2D eigenvalue weighted by molar-refractivity contribution is -0.138. The maximum absolute atomic E-state index is 10.6. The van der Waals surface area contributed by atoms with Crippen LogP contribution in [0.1, 0.15) is 11.0 Å². The predicted octanol–water partition coefficient (Wildman–Crippen LogP) is 0.347. The molecule has 0 amide bonds. The number of hydrogen-bond acceptors (Lipinski definition) is 3. The SMILES string of the molecule is [2H]c1c([2H])c(CC(N)C(=O)O)c([2H])c([2H])c1O. The minimum atomic E-state index is -1.31. The van der Waals surface area contributed by atoms with Gasteiger partial charge >= 0.3 is 5.97 Å². The maximum atomic E-state index is 10.6. The van der Waals surface area contributed by atoms with Crippen molar-refractivity contribution in [3.05, 3.63) is 29.7 Å². The number of phenols is 1. The van der Waals surface area contributed by atoms with Crippen molar-refractivity contribution in [2.75, 3.05) is 0 Å². The van der Waals surface area contributed by atoms with Crippen LogP contribution in [-0.2, 0) is 11.2 Å². The van der Waals surface area contributed by atoms with E-state index in [0.717, 1.165) is 0 Å². The van der Waals surface area contributed by atoms with Crippen LogP contribution >= 0.6 is 0 Å². The van der Waals surface area contributed by atoms with Gasteiger partial charge in [0.15, 0.2) is 0 Å². The topological polar surface area (TPSA) is 83.6 Å². The minimum Gasteiger partial charge on any atom is -0.508 e. The number of rotatable bonds is 3. The summed E-state index contributed by atoms with van der Waals surface area (Å²) < 4.78 is 29.7. The molecule has 70 valence electrons. The lowest BCUT2D eigenvalue weighted by Crippen LogP contribution is -2.32. The molecule has 4 heteroatoms. The monoisotopic (exact) mass is 185 g/mol. The zero-order valence-electron chi connectivity index (χ0n) is 10.7. The van der Waals surface area contributed by atoms with Crippen molar-refractivity contribution in [2.45, 2.75) is 12.5 Å². The van der Waals surface area contributed by atoms with Crippen LogP contribution in [0.4, 0.5) is 0 Å². The summed E-state index contributed by atoms with van der Waals surface area (Å²) in [5.74, 6) is -2.05. The predicted molar refractivity (Wildman–Crippen MR) is 47.4 cm³/mol. The fraction of sp³-hybridized carbons (Fsp3) is 0.222. The average molecular weight is 185 g/mol. The molecule has 0 aliphatic rings. The minimum absolute atomic E-state index is 0.118. The first-order valence-corrected chi connectivity index (χ1v) is 3.54. The second kappa shape index (κ2) is 3.91. The van der Waals surface area contributed by atoms with E-state index < -0.39 is 41.9 Å². The van der Waals surface area contributed by atoms with Crippen molar-refractivity contribution >= 4 is 5.97 Å². The Kier molecular flexibility index (Phi) is 1.58. The third kappa shape index (κ3) is 2.76. The van der Waals surface area contributed by atoms with Gasteiger partial charge in [0.2, 0.25) is 0 Å². The number of carboxylic acid groups (broad SMARTS) is 1. The molecule has 1 aromatic rings. The number of nitrogens with two attached hydrogens (primary N) is 1. The number of aliphatic carboxylic acids is 1.